The molecule has 10 heteroatoms. The lowest BCUT2D eigenvalue weighted by Gasteiger charge is -2.24. The maximum atomic E-state index is 12.9. The highest BCUT2D eigenvalue weighted by atomic mass is 31.2. The minimum absolute atomic E-state index is 0.0235. The number of ether oxygens (including phenoxy) is 2. The summed E-state index contributed by atoms with van der Waals surface area (Å²) in [5.41, 5.74) is 0. The smallest absolute Gasteiger partial charge is 0.462 e. The zero-order valence-electron chi connectivity index (χ0n) is 62.8. The van der Waals surface area contributed by atoms with Crippen molar-refractivity contribution in [2.45, 2.75) is 341 Å². The molecule has 0 aromatic rings. The molecular weight excluding hydrogens is 1210 g/mol. The Morgan fingerprint density at radius 2 is 0.562 bits per heavy atom. The Labute approximate surface area is 593 Å². The van der Waals surface area contributed by atoms with E-state index in [0.717, 1.165) is 135 Å². The van der Waals surface area contributed by atoms with Crippen molar-refractivity contribution in [3.8, 4) is 0 Å². The molecule has 0 rings (SSSR count). The summed E-state index contributed by atoms with van der Waals surface area (Å²) in [6.07, 6.45) is 111. The van der Waals surface area contributed by atoms with Crippen molar-refractivity contribution < 1.29 is 42.1 Å². The molecule has 0 aromatic carbocycles. The van der Waals surface area contributed by atoms with Gasteiger partial charge in [-0.2, -0.15) is 0 Å². The largest absolute Gasteiger partial charge is 0.472 e. The molecule has 0 aliphatic heterocycles. The van der Waals surface area contributed by atoms with E-state index in [2.05, 4.69) is 160 Å². The van der Waals surface area contributed by atoms with E-state index in [-0.39, 0.29) is 32.0 Å². The molecule has 0 saturated heterocycles. The third-order valence-corrected chi connectivity index (χ3v) is 17.8. The summed E-state index contributed by atoms with van der Waals surface area (Å²) in [6.45, 7) is 4.21. The van der Waals surface area contributed by atoms with E-state index in [9.17, 15) is 19.0 Å². The molecule has 0 aromatic heterocycles. The number of phosphoric acid groups is 1. The number of likely N-dealkylation sites (N-methyl/N-ethyl adjacent to an activating group) is 1. The number of allylic oxidation sites excluding steroid dienone is 24. The number of esters is 2. The zero-order chi connectivity index (χ0) is 69.7. The Balaban J connectivity index is 3.98. The van der Waals surface area contributed by atoms with Crippen LogP contribution in [0.5, 0.6) is 0 Å². The van der Waals surface area contributed by atoms with Gasteiger partial charge in [0.1, 0.15) is 19.8 Å². The number of quaternary nitrogens is 1. The molecule has 0 aliphatic carbocycles. The first-order chi connectivity index (χ1) is 47.0. The van der Waals surface area contributed by atoms with Gasteiger partial charge in [-0.15, -0.1) is 0 Å². The maximum absolute atomic E-state index is 12.9. The van der Waals surface area contributed by atoms with Gasteiger partial charge in [0, 0.05) is 12.8 Å². The first-order valence-electron chi connectivity index (χ1n) is 39.6. The molecule has 0 heterocycles. The third kappa shape index (κ3) is 78.9. The maximum Gasteiger partial charge on any atom is 0.472 e. The van der Waals surface area contributed by atoms with Gasteiger partial charge in [-0.1, -0.05) is 352 Å². The molecule has 2 unspecified atom stereocenters. The number of unbranched alkanes of at least 4 members (excludes halogenated alkanes) is 34. The van der Waals surface area contributed by atoms with Crippen LogP contribution < -0.4 is 0 Å². The monoisotopic (exact) mass is 1360 g/mol. The number of phosphoric ester groups is 1. The lowest BCUT2D eigenvalue weighted by Crippen LogP contribution is -2.37. The molecule has 550 valence electrons. The van der Waals surface area contributed by atoms with Crippen molar-refractivity contribution in [3.63, 3.8) is 0 Å². The van der Waals surface area contributed by atoms with Crippen LogP contribution in [0.15, 0.2) is 146 Å². The second kappa shape index (κ2) is 75.1. The molecule has 0 radical (unpaired) electrons. The van der Waals surface area contributed by atoms with Crippen LogP contribution in [-0.2, 0) is 32.7 Å². The fourth-order valence-corrected chi connectivity index (χ4v) is 11.7. The van der Waals surface area contributed by atoms with Gasteiger partial charge in [-0.25, -0.2) is 4.57 Å². The Morgan fingerprint density at radius 3 is 0.833 bits per heavy atom. The van der Waals surface area contributed by atoms with E-state index in [1.807, 2.05) is 21.1 Å². The number of hydrogen-bond donors (Lipinski definition) is 1. The molecule has 0 spiro atoms. The van der Waals surface area contributed by atoms with Crippen LogP contribution in [0.1, 0.15) is 335 Å². The summed E-state index contributed by atoms with van der Waals surface area (Å²) in [4.78, 5) is 36.0. The number of rotatable bonds is 72. The summed E-state index contributed by atoms with van der Waals surface area (Å²) in [7, 11) is 1.46. The lowest BCUT2D eigenvalue weighted by molar-refractivity contribution is -0.870. The van der Waals surface area contributed by atoms with Crippen molar-refractivity contribution >= 4 is 19.8 Å². The van der Waals surface area contributed by atoms with Crippen LogP contribution in [0.4, 0.5) is 0 Å². The van der Waals surface area contributed by atoms with E-state index < -0.39 is 26.5 Å². The minimum Gasteiger partial charge on any atom is -0.462 e. The second-order valence-corrected chi connectivity index (χ2v) is 28.8. The highest BCUT2D eigenvalue weighted by Gasteiger charge is 2.27. The van der Waals surface area contributed by atoms with Gasteiger partial charge in [-0.3, -0.25) is 18.6 Å². The van der Waals surface area contributed by atoms with E-state index in [0.29, 0.717) is 17.4 Å². The SMILES string of the molecule is CC/C=C\C/C=C\C/C=C\C/C=C\C/C=C\C/C=C\C/C=C\C/C=C\CCCCCCCCC(=O)OC(COC(=O)CCCCCCCCCCCCCCCCCCCCCCCCCCCCCC/C=C\C/C=C\C/C=C\C/C=C\CC)COP(=O)(O)OCC[N+](C)(C)C. The number of carbonyl (C=O) groups excluding carboxylic acids is 2. The molecule has 0 bridgehead atoms. The van der Waals surface area contributed by atoms with Gasteiger partial charge in [0.15, 0.2) is 6.10 Å². The highest BCUT2D eigenvalue weighted by molar-refractivity contribution is 7.47. The van der Waals surface area contributed by atoms with Gasteiger partial charge in [0.2, 0.25) is 0 Å². The first kappa shape index (κ1) is 91.9. The Bertz CT molecular complexity index is 2140. The standard InChI is InChI=1S/C86H148NO8P/c1-6-8-10-12-14-16-18-20-22-24-26-28-30-32-34-36-38-39-40-41-42-43-44-45-46-47-49-50-52-54-56-58-60-62-64-66-68-70-72-74-76-78-85(88)92-82-84(83-94-96(90,91)93-81-80-87(3,4)5)95-86(89)79-77-75-73-71-69-67-65-63-61-59-57-55-53-51-48-37-35-33-31-29-27-25-23-21-19-17-15-13-11-9-7-2/h8-11,14-17,20-23,26-29,33,35,48,51,55,57,61,63,84H,6-7,12-13,18-19,24-25,30-32,34,36-47,49-50,52-54,56,58-60,62,64-83H2,1-5H3/p+1/b10-8-,11-9-,16-14-,17-15-,22-20-,23-21-,28-26-,29-27-,35-33-,51-48-,57-55-,63-61-. The highest BCUT2D eigenvalue weighted by Crippen LogP contribution is 2.43. The normalized spacial score (nSPS) is 13.9. The number of nitrogens with zero attached hydrogens (tertiary/aromatic N) is 1. The predicted molar refractivity (Wildman–Crippen MR) is 417 cm³/mol. The summed E-state index contributed by atoms with van der Waals surface area (Å²) in [5, 5.41) is 0. The van der Waals surface area contributed by atoms with Crippen molar-refractivity contribution in [3.05, 3.63) is 146 Å². The topological polar surface area (TPSA) is 108 Å². The van der Waals surface area contributed by atoms with Crippen molar-refractivity contribution in [2.75, 3.05) is 47.5 Å². The first-order valence-corrected chi connectivity index (χ1v) is 41.1. The van der Waals surface area contributed by atoms with E-state index in [1.165, 1.54) is 167 Å². The molecule has 0 fully saturated rings. The van der Waals surface area contributed by atoms with Gasteiger partial charge >= 0.3 is 19.8 Å². The van der Waals surface area contributed by atoms with Gasteiger partial charge in [0.25, 0.3) is 0 Å². The summed E-state index contributed by atoms with van der Waals surface area (Å²) >= 11 is 0. The molecule has 9 nitrogen and oxygen atoms in total. The quantitative estimate of drug-likeness (QED) is 0.0211. The average Bonchev–Trinajstić information content (AvgIpc) is 1.97. The van der Waals surface area contributed by atoms with Crippen molar-refractivity contribution in [2.24, 2.45) is 0 Å². The molecule has 0 amide bonds. The Hall–Kier alpha value is -4.11. The van der Waals surface area contributed by atoms with Crippen LogP contribution in [0.2, 0.25) is 0 Å². The van der Waals surface area contributed by atoms with Crippen LogP contribution in [0.25, 0.3) is 0 Å². The predicted octanol–water partition coefficient (Wildman–Crippen LogP) is 26.5. The van der Waals surface area contributed by atoms with Crippen LogP contribution in [0, 0.1) is 0 Å². The van der Waals surface area contributed by atoms with Crippen molar-refractivity contribution in [1.82, 2.24) is 0 Å². The van der Waals surface area contributed by atoms with Crippen LogP contribution in [0.3, 0.4) is 0 Å². The molecule has 96 heavy (non-hydrogen) atoms. The van der Waals surface area contributed by atoms with E-state index in [4.69, 9.17) is 18.5 Å². The molecule has 0 aliphatic rings. The van der Waals surface area contributed by atoms with Gasteiger partial charge < -0.3 is 18.9 Å². The molecule has 2 atom stereocenters. The Morgan fingerprint density at radius 1 is 0.323 bits per heavy atom. The summed E-state index contributed by atoms with van der Waals surface area (Å²) in [6, 6.07) is 0. The lowest BCUT2D eigenvalue weighted by atomic mass is 10.0. The fourth-order valence-electron chi connectivity index (χ4n) is 10.9. The zero-order valence-corrected chi connectivity index (χ0v) is 63.7. The van der Waals surface area contributed by atoms with E-state index >= 15 is 0 Å². The second-order valence-electron chi connectivity index (χ2n) is 27.3. The summed E-state index contributed by atoms with van der Waals surface area (Å²) in [5.74, 6) is -0.810. The number of hydrogen-bond acceptors (Lipinski definition) is 7. The van der Waals surface area contributed by atoms with Crippen LogP contribution >= 0.6 is 7.82 Å². The molecule has 0 saturated carbocycles. The fraction of sp³-hybridized carbons (Fsp3) is 0.698. The van der Waals surface area contributed by atoms with Crippen molar-refractivity contribution in [1.29, 1.82) is 0 Å². The summed E-state index contributed by atoms with van der Waals surface area (Å²) < 4.78 is 34.8. The molecule has 1 N–H and O–H groups in total. The van der Waals surface area contributed by atoms with Crippen LogP contribution in [-0.4, -0.2) is 74.9 Å². The Kier molecular flexibility index (Phi) is 71.9. The van der Waals surface area contributed by atoms with Gasteiger partial charge in [0.05, 0.1) is 27.7 Å². The van der Waals surface area contributed by atoms with Gasteiger partial charge in [-0.05, 0) is 116 Å². The minimum atomic E-state index is -4.41. The third-order valence-electron chi connectivity index (χ3n) is 16.9. The number of carbonyl (C=O) groups is 2. The molecular formula is C86H149NO8P+. The van der Waals surface area contributed by atoms with E-state index in [1.54, 1.807) is 0 Å². The average molecular weight is 1360 g/mol.